The second-order valence-electron chi connectivity index (χ2n) is 3.78. The smallest absolute Gasteiger partial charge is 0.137 e. The zero-order valence-corrected chi connectivity index (χ0v) is 8.23. The van der Waals surface area contributed by atoms with E-state index in [0.29, 0.717) is 12.4 Å². The van der Waals surface area contributed by atoms with E-state index < -0.39 is 12.2 Å². The van der Waals surface area contributed by atoms with Crippen LogP contribution in [0.4, 0.5) is 0 Å². The fraction of sp³-hybridized carbons (Fsp3) is 0.800. The van der Waals surface area contributed by atoms with Gasteiger partial charge in [0.2, 0.25) is 0 Å². The molecule has 2 unspecified atom stereocenters. The Morgan fingerprint density at radius 3 is 2.54 bits per heavy atom. The average Bonchev–Trinajstić information content (AvgIpc) is 2.17. The minimum atomic E-state index is -0.861. The molecule has 76 valence electrons. The lowest BCUT2D eigenvalue weighted by atomic mass is 9.99. The Kier molecular flexibility index (Phi) is 3.75. The maximum Gasteiger partial charge on any atom is 0.137 e. The summed E-state index contributed by atoms with van der Waals surface area (Å²) in [4.78, 5) is 0. The molecule has 1 aliphatic heterocycles. The third kappa shape index (κ3) is 2.71. The van der Waals surface area contributed by atoms with E-state index in [1.54, 1.807) is 0 Å². The lowest BCUT2D eigenvalue weighted by Gasteiger charge is -2.25. The fourth-order valence-electron chi connectivity index (χ4n) is 1.32. The molecule has 2 N–H and O–H groups in total. The number of ether oxygens (including phenoxy) is 1. The van der Waals surface area contributed by atoms with Crippen molar-refractivity contribution in [3.8, 4) is 0 Å². The highest BCUT2D eigenvalue weighted by atomic mass is 16.5. The van der Waals surface area contributed by atoms with E-state index in [1.807, 2.05) is 19.9 Å². The number of aliphatic hydroxyl groups excluding tert-OH is 2. The number of hydrogen-bond donors (Lipinski definition) is 2. The Bertz CT molecular complexity index is 187. The molecule has 1 aliphatic rings. The highest BCUT2D eigenvalue weighted by Gasteiger charge is 2.25. The van der Waals surface area contributed by atoms with Gasteiger partial charge in [0.15, 0.2) is 0 Å². The maximum atomic E-state index is 9.67. The summed E-state index contributed by atoms with van der Waals surface area (Å²) >= 11 is 0. The van der Waals surface area contributed by atoms with E-state index in [1.165, 1.54) is 0 Å². The lowest BCUT2D eigenvalue weighted by molar-refractivity contribution is -0.0226. The molecule has 1 rings (SSSR count). The van der Waals surface area contributed by atoms with Crippen molar-refractivity contribution < 1.29 is 14.9 Å². The summed E-state index contributed by atoms with van der Waals surface area (Å²) in [6, 6.07) is 0. The van der Waals surface area contributed by atoms with Crippen molar-refractivity contribution >= 4 is 0 Å². The lowest BCUT2D eigenvalue weighted by Crippen LogP contribution is -2.33. The molecule has 2 atom stereocenters. The van der Waals surface area contributed by atoms with Gasteiger partial charge in [-0.15, -0.1) is 0 Å². The van der Waals surface area contributed by atoms with Crippen LogP contribution < -0.4 is 0 Å². The molecule has 0 saturated heterocycles. The number of allylic oxidation sites excluding steroid dienone is 1. The minimum Gasteiger partial charge on any atom is -0.495 e. The third-order valence-corrected chi connectivity index (χ3v) is 2.26. The summed E-state index contributed by atoms with van der Waals surface area (Å²) in [5, 5.41) is 19.2. The van der Waals surface area contributed by atoms with E-state index in [2.05, 4.69) is 0 Å². The minimum absolute atomic E-state index is 0.0430. The van der Waals surface area contributed by atoms with Crippen LogP contribution in [0.5, 0.6) is 0 Å². The first-order valence-corrected chi connectivity index (χ1v) is 4.82. The molecule has 0 radical (unpaired) electrons. The van der Waals surface area contributed by atoms with Gasteiger partial charge in [-0.25, -0.2) is 0 Å². The SMILES string of the molecule is CC(C)C(O)C(O)C1=CCCCO1. The number of rotatable bonds is 3. The van der Waals surface area contributed by atoms with Crippen LogP contribution in [0, 0.1) is 5.92 Å². The van der Waals surface area contributed by atoms with Crippen LogP contribution in [0.3, 0.4) is 0 Å². The topological polar surface area (TPSA) is 49.7 Å². The first-order chi connectivity index (χ1) is 6.13. The number of hydrogen-bond acceptors (Lipinski definition) is 3. The Labute approximate surface area is 79.0 Å². The summed E-state index contributed by atoms with van der Waals surface area (Å²) in [5.74, 6) is 0.578. The van der Waals surface area contributed by atoms with Gasteiger partial charge in [0, 0.05) is 0 Å². The van der Waals surface area contributed by atoms with Crippen molar-refractivity contribution in [3.05, 3.63) is 11.8 Å². The van der Waals surface area contributed by atoms with Crippen molar-refractivity contribution in [1.82, 2.24) is 0 Å². The average molecular weight is 186 g/mol. The Morgan fingerprint density at radius 1 is 1.38 bits per heavy atom. The van der Waals surface area contributed by atoms with E-state index in [4.69, 9.17) is 4.74 Å². The van der Waals surface area contributed by atoms with Gasteiger partial charge in [-0.2, -0.15) is 0 Å². The largest absolute Gasteiger partial charge is 0.495 e. The van der Waals surface area contributed by atoms with Crippen molar-refractivity contribution in [2.45, 2.75) is 38.9 Å². The van der Waals surface area contributed by atoms with Crippen LogP contribution >= 0.6 is 0 Å². The van der Waals surface area contributed by atoms with Gasteiger partial charge < -0.3 is 14.9 Å². The van der Waals surface area contributed by atoms with Crippen LogP contribution in [0.25, 0.3) is 0 Å². The van der Waals surface area contributed by atoms with Gasteiger partial charge in [-0.3, -0.25) is 0 Å². The predicted molar refractivity (Wildman–Crippen MR) is 50.1 cm³/mol. The van der Waals surface area contributed by atoms with Crippen LogP contribution in [-0.4, -0.2) is 29.0 Å². The molecule has 0 aromatic carbocycles. The zero-order chi connectivity index (χ0) is 9.84. The monoisotopic (exact) mass is 186 g/mol. The molecule has 0 saturated carbocycles. The molecule has 3 heteroatoms. The molecule has 0 bridgehead atoms. The first kappa shape index (κ1) is 10.5. The Balaban J connectivity index is 2.54. The summed E-state index contributed by atoms with van der Waals surface area (Å²) in [7, 11) is 0. The van der Waals surface area contributed by atoms with Gasteiger partial charge in [0.1, 0.15) is 11.9 Å². The Hall–Kier alpha value is -0.540. The summed E-state index contributed by atoms with van der Waals surface area (Å²) in [6.45, 7) is 4.39. The summed E-state index contributed by atoms with van der Waals surface area (Å²) in [6.07, 6.45) is 2.19. The van der Waals surface area contributed by atoms with Gasteiger partial charge in [-0.05, 0) is 24.8 Å². The second kappa shape index (κ2) is 4.63. The van der Waals surface area contributed by atoms with Crippen molar-refractivity contribution in [2.75, 3.05) is 6.61 Å². The maximum absolute atomic E-state index is 9.67. The second-order valence-corrected chi connectivity index (χ2v) is 3.78. The van der Waals surface area contributed by atoms with Crippen molar-refractivity contribution in [2.24, 2.45) is 5.92 Å². The van der Waals surface area contributed by atoms with E-state index in [-0.39, 0.29) is 5.92 Å². The van der Waals surface area contributed by atoms with Crippen LogP contribution in [0.1, 0.15) is 26.7 Å². The highest BCUT2D eigenvalue weighted by Crippen LogP contribution is 2.19. The van der Waals surface area contributed by atoms with Crippen molar-refractivity contribution in [1.29, 1.82) is 0 Å². The van der Waals surface area contributed by atoms with Gasteiger partial charge in [0.25, 0.3) is 0 Å². The molecule has 3 nitrogen and oxygen atoms in total. The predicted octanol–water partition coefficient (Wildman–Crippen LogP) is 1.06. The molecule has 0 aliphatic carbocycles. The molecule has 0 amide bonds. The standard InChI is InChI=1S/C10H18O3/c1-7(2)9(11)10(12)8-5-3-4-6-13-8/h5,7,9-12H,3-4,6H2,1-2H3. The van der Waals surface area contributed by atoms with E-state index in [9.17, 15) is 10.2 Å². The molecule has 0 fully saturated rings. The fourth-order valence-corrected chi connectivity index (χ4v) is 1.32. The van der Waals surface area contributed by atoms with Crippen LogP contribution in [0.15, 0.2) is 11.8 Å². The van der Waals surface area contributed by atoms with Crippen LogP contribution in [0.2, 0.25) is 0 Å². The highest BCUT2D eigenvalue weighted by molar-refractivity contribution is 5.04. The summed E-state index contributed by atoms with van der Waals surface area (Å²) < 4.78 is 5.26. The van der Waals surface area contributed by atoms with Gasteiger partial charge >= 0.3 is 0 Å². The van der Waals surface area contributed by atoms with Crippen LogP contribution in [-0.2, 0) is 4.74 Å². The van der Waals surface area contributed by atoms with Gasteiger partial charge in [0.05, 0.1) is 12.7 Å². The normalized spacial score (nSPS) is 22.1. The molecule has 0 aromatic rings. The van der Waals surface area contributed by atoms with E-state index >= 15 is 0 Å². The quantitative estimate of drug-likeness (QED) is 0.693. The third-order valence-electron chi connectivity index (χ3n) is 2.26. The van der Waals surface area contributed by atoms with Gasteiger partial charge in [-0.1, -0.05) is 13.8 Å². The van der Waals surface area contributed by atoms with E-state index in [0.717, 1.165) is 12.8 Å². The molecular formula is C10H18O3. The molecule has 1 heterocycles. The molecule has 13 heavy (non-hydrogen) atoms. The first-order valence-electron chi connectivity index (χ1n) is 4.82. The number of aliphatic hydroxyl groups is 2. The van der Waals surface area contributed by atoms with Crippen molar-refractivity contribution in [3.63, 3.8) is 0 Å². The summed E-state index contributed by atoms with van der Waals surface area (Å²) in [5.41, 5.74) is 0. The molecule has 0 spiro atoms. The Morgan fingerprint density at radius 2 is 2.08 bits per heavy atom. The zero-order valence-electron chi connectivity index (χ0n) is 8.23. The molecule has 0 aromatic heterocycles. The molecular weight excluding hydrogens is 168 g/mol.